The van der Waals surface area contributed by atoms with Crippen LogP contribution in [0.2, 0.25) is 0 Å². The highest BCUT2D eigenvalue weighted by atomic mass is 19.1. The van der Waals surface area contributed by atoms with E-state index in [0.29, 0.717) is 49.1 Å². The second kappa shape index (κ2) is 7.59. The first-order valence-electron chi connectivity index (χ1n) is 10.9. The van der Waals surface area contributed by atoms with Crippen molar-refractivity contribution in [3.63, 3.8) is 0 Å². The van der Waals surface area contributed by atoms with Gasteiger partial charge in [-0.2, -0.15) is 0 Å². The van der Waals surface area contributed by atoms with E-state index in [1.54, 1.807) is 12.1 Å². The van der Waals surface area contributed by atoms with Gasteiger partial charge in [0, 0.05) is 37.0 Å². The minimum Gasteiger partial charge on any atom is -0.342 e. The Bertz CT molecular complexity index is 1110. The lowest BCUT2D eigenvalue weighted by Gasteiger charge is -2.28. The van der Waals surface area contributed by atoms with E-state index < -0.39 is 11.7 Å². The third kappa shape index (κ3) is 3.64. The lowest BCUT2D eigenvalue weighted by Crippen LogP contribution is -2.40. The molecule has 3 atom stereocenters. The van der Waals surface area contributed by atoms with Gasteiger partial charge in [-0.25, -0.2) is 9.37 Å². The number of amides is 2. The number of aromatic nitrogens is 2. The second-order valence-corrected chi connectivity index (χ2v) is 8.92. The Balaban J connectivity index is 1.35. The highest BCUT2D eigenvalue weighted by molar-refractivity contribution is 5.94. The predicted molar refractivity (Wildman–Crippen MR) is 111 cm³/mol. The molecule has 8 heteroatoms. The van der Waals surface area contributed by atoms with Gasteiger partial charge >= 0.3 is 0 Å². The molecule has 0 radical (unpaired) electrons. The number of rotatable bonds is 3. The summed E-state index contributed by atoms with van der Waals surface area (Å²) >= 11 is 0. The molecule has 1 N–H and O–H groups in total. The third-order valence-corrected chi connectivity index (χ3v) is 6.80. The zero-order chi connectivity index (χ0) is 21.7. The summed E-state index contributed by atoms with van der Waals surface area (Å²) in [7, 11) is 0. The molecule has 7 nitrogen and oxygen atoms in total. The molecular weight excluding hydrogens is 399 g/mol. The van der Waals surface area contributed by atoms with Crippen molar-refractivity contribution in [1.82, 2.24) is 19.8 Å². The number of nitrogens with one attached hydrogen (secondary N) is 1. The molecule has 0 unspecified atom stereocenters. The molecule has 3 aliphatic rings. The van der Waals surface area contributed by atoms with Crippen LogP contribution in [0.15, 0.2) is 29.1 Å². The summed E-state index contributed by atoms with van der Waals surface area (Å²) in [6, 6.07) is 5.91. The van der Waals surface area contributed by atoms with Crippen LogP contribution in [0.25, 0.3) is 0 Å². The third-order valence-electron chi connectivity index (χ3n) is 6.80. The molecule has 31 heavy (non-hydrogen) atoms. The molecule has 2 aromatic rings. The molecule has 5 rings (SSSR count). The molecular formula is C23H25FN4O3. The summed E-state index contributed by atoms with van der Waals surface area (Å²) in [5, 5.41) is 0. The largest absolute Gasteiger partial charge is 0.342 e. The number of nitrogens with zero attached hydrogens (tertiary/aromatic N) is 3. The zero-order valence-corrected chi connectivity index (χ0v) is 17.4. The van der Waals surface area contributed by atoms with Gasteiger partial charge in [0.25, 0.3) is 11.5 Å². The molecule has 1 aromatic carbocycles. The Hall–Kier alpha value is -3.03. The summed E-state index contributed by atoms with van der Waals surface area (Å²) in [5.41, 5.74) is 0.989. The number of benzene rings is 1. The van der Waals surface area contributed by atoms with Gasteiger partial charge in [-0.15, -0.1) is 0 Å². The molecule has 0 bridgehead atoms. The molecule has 0 spiro atoms. The number of H-pyrrole nitrogens is 1. The quantitative estimate of drug-likeness (QED) is 0.818. The van der Waals surface area contributed by atoms with Crippen molar-refractivity contribution >= 4 is 11.8 Å². The maximum atomic E-state index is 14.1. The molecule has 1 saturated heterocycles. The molecule has 2 aliphatic heterocycles. The molecule has 1 saturated carbocycles. The number of carbonyl (C=O) groups is 2. The highest BCUT2D eigenvalue weighted by Gasteiger charge is 2.43. The fourth-order valence-electron chi connectivity index (χ4n) is 4.71. The Morgan fingerprint density at radius 3 is 2.71 bits per heavy atom. The van der Waals surface area contributed by atoms with Crippen molar-refractivity contribution in [2.45, 2.75) is 38.6 Å². The number of aromatic amines is 1. The second-order valence-electron chi connectivity index (χ2n) is 8.92. The van der Waals surface area contributed by atoms with E-state index in [-0.39, 0.29) is 35.4 Å². The topological polar surface area (TPSA) is 86.4 Å². The monoisotopic (exact) mass is 424 g/mol. The van der Waals surface area contributed by atoms with E-state index in [2.05, 4.69) is 11.9 Å². The average molecular weight is 424 g/mol. The maximum absolute atomic E-state index is 14.1. The minimum atomic E-state index is -0.557. The fraction of sp³-hybridized carbons (Fsp3) is 0.478. The van der Waals surface area contributed by atoms with Crippen molar-refractivity contribution < 1.29 is 14.0 Å². The SMILES string of the molecule is C[C@H]1C[C@@H]1C(=O)N1CC[C@H](c2nc3c(c(=O)[nH]2)CCN(C(=O)c2ccccc2F)C3)C1. The van der Waals surface area contributed by atoms with E-state index in [1.165, 1.54) is 17.0 Å². The van der Waals surface area contributed by atoms with Crippen LogP contribution in [-0.4, -0.2) is 51.2 Å². The molecule has 1 aromatic heterocycles. The van der Waals surface area contributed by atoms with Gasteiger partial charge in [0.15, 0.2) is 0 Å². The maximum Gasteiger partial charge on any atom is 0.257 e. The summed E-state index contributed by atoms with van der Waals surface area (Å²) < 4.78 is 14.1. The first kappa shape index (κ1) is 19.9. The summed E-state index contributed by atoms with van der Waals surface area (Å²) in [6.45, 7) is 3.84. The standard InChI is InChI=1S/C23H25FN4O3/c1-13-10-17(13)23(31)27-8-6-14(11-27)20-25-19-12-28(9-7-16(19)21(29)26-20)22(30)15-4-2-3-5-18(15)24/h2-5,13-14,17H,6-12H2,1H3,(H,25,26,29)/t13-,14-,17-/m0/s1. The summed E-state index contributed by atoms with van der Waals surface area (Å²) in [4.78, 5) is 49.0. The van der Waals surface area contributed by atoms with Crippen LogP contribution in [0.3, 0.4) is 0 Å². The lowest BCUT2D eigenvalue weighted by molar-refractivity contribution is -0.131. The lowest BCUT2D eigenvalue weighted by atomic mass is 10.0. The Morgan fingerprint density at radius 1 is 1.19 bits per heavy atom. The van der Waals surface area contributed by atoms with Crippen molar-refractivity contribution in [3.8, 4) is 0 Å². The minimum absolute atomic E-state index is 0.0198. The number of halogens is 1. The van der Waals surface area contributed by atoms with Gasteiger partial charge in [0.1, 0.15) is 11.6 Å². The zero-order valence-electron chi connectivity index (χ0n) is 17.4. The first-order valence-corrected chi connectivity index (χ1v) is 10.9. The Morgan fingerprint density at radius 2 is 1.97 bits per heavy atom. The number of likely N-dealkylation sites (tertiary alicyclic amines) is 1. The molecule has 3 heterocycles. The van der Waals surface area contributed by atoms with E-state index in [1.807, 2.05) is 4.90 Å². The normalized spacial score (nSPS) is 24.8. The van der Waals surface area contributed by atoms with Crippen molar-refractivity contribution in [1.29, 1.82) is 0 Å². The molecule has 2 amide bonds. The Labute approximate surface area is 179 Å². The fourth-order valence-corrected chi connectivity index (χ4v) is 4.71. The molecule has 162 valence electrons. The van der Waals surface area contributed by atoms with Gasteiger partial charge in [-0.3, -0.25) is 14.4 Å². The molecule has 2 fully saturated rings. The van der Waals surface area contributed by atoms with Gasteiger partial charge < -0.3 is 14.8 Å². The number of fused-ring (bicyclic) bond motifs is 1. The number of carbonyl (C=O) groups excluding carboxylic acids is 2. The Kier molecular flexibility index (Phi) is 4.87. The van der Waals surface area contributed by atoms with Crippen molar-refractivity contribution in [2.24, 2.45) is 11.8 Å². The average Bonchev–Trinajstić information content (AvgIpc) is 3.29. The van der Waals surface area contributed by atoms with E-state index in [9.17, 15) is 18.8 Å². The van der Waals surface area contributed by atoms with Gasteiger partial charge in [-0.1, -0.05) is 19.1 Å². The van der Waals surface area contributed by atoms with Crippen LogP contribution < -0.4 is 5.56 Å². The van der Waals surface area contributed by atoms with E-state index in [0.717, 1.165) is 12.8 Å². The van der Waals surface area contributed by atoms with Gasteiger partial charge in [0.05, 0.1) is 17.8 Å². The van der Waals surface area contributed by atoms with Crippen molar-refractivity contribution in [3.05, 3.63) is 63.1 Å². The van der Waals surface area contributed by atoms with E-state index in [4.69, 9.17) is 4.98 Å². The van der Waals surface area contributed by atoms with Crippen LogP contribution in [0, 0.1) is 17.7 Å². The highest BCUT2D eigenvalue weighted by Crippen LogP contribution is 2.40. The van der Waals surface area contributed by atoms with Crippen LogP contribution >= 0.6 is 0 Å². The van der Waals surface area contributed by atoms with Gasteiger partial charge in [-0.05, 0) is 37.3 Å². The van der Waals surface area contributed by atoms with Crippen LogP contribution in [0.4, 0.5) is 4.39 Å². The van der Waals surface area contributed by atoms with Crippen LogP contribution in [0.5, 0.6) is 0 Å². The van der Waals surface area contributed by atoms with Crippen LogP contribution in [0.1, 0.15) is 53.1 Å². The van der Waals surface area contributed by atoms with Crippen molar-refractivity contribution in [2.75, 3.05) is 19.6 Å². The molecule has 1 aliphatic carbocycles. The van der Waals surface area contributed by atoms with Gasteiger partial charge in [0.2, 0.25) is 5.91 Å². The smallest absolute Gasteiger partial charge is 0.257 e. The van der Waals surface area contributed by atoms with E-state index >= 15 is 0 Å². The first-order chi connectivity index (χ1) is 14.9. The number of hydrogen-bond donors (Lipinski definition) is 1. The summed E-state index contributed by atoms with van der Waals surface area (Å²) in [5.74, 6) is 0.411. The van der Waals surface area contributed by atoms with Crippen LogP contribution in [-0.2, 0) is 17.8 Å². The predicted octanol–water partition coefficient (Wildman–Crippen LogP) is 2.08. The number of hydrogen-bond acceptors (Lipinski definition) is 4. The summed E-state index contributed by atoms with van der Waals surface area (Å²) in [6.07, 6.45) is 2.10.